The number of carbonyl (C=O) groups excluding carboxylic acids is 2. The van der Waals surface area contributed by atoms with Gasteiger partial charge in [-0.15, -0.1) is 0 Å². The highest BCUT2D eigenvalue weighted by molar-refractivity contribution is 6.30. The maximum Gasteiger partial charge on any atom is 0.291 e. The van der Waals surface area contributed by atoms with Crippen LogP contribution in [0.2, 0.25) is 5.02 Å². The molecule has 32 heavy (non-hydrogen) atoms. The predicted octanol–water partition coefficient (Wildman–Crippen LogP) is 4.71. The van der Waals surface area contributed by atoms with E-state index >= 15 is 0 Å². The monoisotopic (exact) mass is 453 g/mol. The van der Waals surface area contributed by atoms with Gasteiger partial charge in [0.05, 0.1) is 5.69 Å². The Hall–Kier alpha value is -2.83. The quantitative estimate of drug-likeness (QED) is 0.491. The molecule has 2 amide bonds. The summed E-state index contributed by atoms with van der Waals surface area (Å²) < 4.78 is 5.77. The number of anilines is 1. The number of carbonyl (C=O) groups is 2. The lowest BCUT2D eigenvalue weighted by Gasteiger charge is -2.33. The third kappa shape index (κ3) is 5.50. The van der Waals surface area contributed by atoms with Crippen molar-refractivity contribution < 1.29 is 14.3 Å². The van der Waals surface area contributed by atoms with Crippen LogP contribution in [-0.4, -0.2) is 42.4 Å². The third-order valence-corrected chi connectivity index (χ3v) is 6.20. The molecular weight excluding hydrogens is 426 g/mol. The van der Waals surface area contributed by atoms with Crippen molar-refractivity contribution in [1.82, 2.24) is 10.2 Å². The van der Waals surface area contributed by atoms with Crippen LogP contribution in [-0.2, 0) is 4.79 Å². The van der Waals surface area contributed by atoms with E-state index in [-0.39, 0.29) is 17.6 Å². The first-order valence-corrected chi connectivity index (χ1v) is 11.5. The summed E-state index contributed by atoms with van der Waals surface area (Å²) in [5.74, 6) is 0.168. The van der Waals surface area contributed by atoms with Gasteiger partial charge in [-0.05, 0) is 74.7 Å². The highest BCUT2D eigenvalue weighted by Gasteiger charge is 2.23. The summed E-state index contributed by atoms with van der Waals surface area (Å²) in [7, 11) is 0. The van der Waals surface area contributed by atoms with Gasteiger partial charge in [0.1, 0.15) is 0 Å². The van der Waals surface area contributed by atoms with Crippen LogP contribution in [0, 0.1) is 0 Å². The molecule has 2 aliphatic heterocycles. The summed E-state index contributed by atoms with van der Waals surface area (Å²) in [6.07, 6.45) is 6.39. The number of halogens is 1. The number of ether oxygens (including phenoxy) is 1. The molecule has 6 nitrogen and oxygen atoms in total. The first-order valence-electron chi connectivity index (χ1n) is 11.1. The molecule has 7 heteroatoms. The number of nitrogens with one attached hydrogen (secondary N) is 2. The maximum atomic E-state index is 12.6. The molecular formula is C25H28ClN3O3. The first kappa shape index (κ1) is 22.4. The fraction of sp³-hybridized carbons (Fsp3) is 0.360. The molecule has 0 radical (unpaired) electrons. The van der Waals surface area contributed by atoms with E-state index in [0.717, 1.165) is 25.1 Å². The molecule has 0 unspecified atom stereocenters. The Balaban J connectivity index is 1.33. The SMILES string of the molecule is C[C@H]1CCCCN1CCCNC(=O)c1ccc2c(c1)NC(=O)/C(=C\c1ccc(Cl)cc1)O2. The number of fused-ring (bicyclic) bond motifs is 1. The molecule has 168 valence electrons. The van der Waals surface area contributed by atoms with Crippen LogP contribution >= 0.6 is 11.6 Å². The minimum absolute atomic E-state index is 0.156. The zero-order valence-corrected chi connectivity index (χ0v) is 19.0. The van der Waals surface area contributed by atoms with Crippen LogP contribution in [0.5, 0.6) is 5.75 Å². The number of benzene rings is 2. The fourth-order valence-electron chi connectivity index (χ4n) is 4.09. The van der Waals surface area contributed by atoms with E-state index in [1.54, 1.807) is 48.5 Å². The standard InChI is InChI=1S/C25H28ClN3O3/c1-17-5-2-3-13-29(17)14-4-12-27-24(30)19-8-11-22-21(16-19)28-25(31)23(32-22)15-18-6-9-20(26)10-7-18/h6-11,15-17H,2-5,12-14H2,1H3,(H,27,30)(H,28,31)/b23-15+/t17-/m0/s1. The summed E-state index contributed by atoms with van der Waals surface area (Å²) in [6, 6.07) is 12.8. The average molecular weight is 454 g/mol. The molecule has 4 rings (SSSR count). The molecule has 1 fully saturated rings. The summed E-state index contributed by atoms with van der Waals surface area (Å²) >= 11 is 5.91. The van der Waals surface area contributed by atoms with Crippen molar-refractivity contribution in [2.45, 2.75) is 38.6 Å². The Morgan fingerprint density at radius 2 is 2.06 bits per heavy atom. The van der Waals surface area contributed by atoms with Gasteiger partial charge >= 0.3 is 0 Å². The van der Waals surface area contributed by atoms with Crippen molar-refractivity contribution >= 4 is 35.2 Å². The number of likely N-dealkylation sites (tertiary alicyclic amines) is 1. The normalized spacial score (nSPS) is 19.8. The highest BCUT2D eigenvalue weighted by Crippen LogP contribution is 2.32. The number of rotatable bonds is 6. The lowest BCUT2D eigenvalue weighted by Crippen LogP contribution is -2.39. The zero-order valence-electron chi connectivity index (χ0n) is 18.2. The number of hydrogen-bond donors (Lipinski definition) is 2. The van der Waals surface area contributed by atoms with Gasteiger partial charge in [0, 0.05) is 29.7 Å². The van der Waals surface area contributed by atoms with Gasteiger partial charge < -0.3 is 20.3 Å². The Kier molecular flexibility index (Phi) is 7.12. The van der Waals surface area contributed by atoms with E-state index in [0.29, 0.717) is 34.6 Å². The fourth-order valence-corrected chi connectivity index (χ4v) is 4.21. The van der Waals surface area contributed by atoms with Gasteiger partial charge in [0.2, 0.25) is 0 Å². The number of nitrogens with zero attached hydrogens (tertiary/aromatic N) is 1. The van der Waals surface area contributed by atoms with Gasteiger partial charge in [-0.1, -0.05) is 30.2 Å². The molecule has 1 saturated heterocycles. The van der Waals surface area contributed by atoms with E-state index < -0.39 is 0 Å². The molecule has 2 aromatic rings. The topological polar surface area (TPSA) is 70.7 Å². The molecule has 1 atom stereocenters. The molecule has 0 aromatic heterocycles. The third-order valence-electron chi connectivity index (χ3n) is 5.95. The molecule has 0 bridgehead atoms. The van der Waals surface area contributed by atoms with Gasteiger partial charge in [0.15, 0.2) is 11.5 Å². The Morgan fingerprint density at radius 1 is 1.25 bits per heavy atom. The van der Waals surface area contributed by atoms with Crippen LogP contribution in [0.15, 0.2) is 48.2 Å². The van der Waals surface area contributed by atoms with Crippen molar-refractivity contribution in [2.75, 3.05) is 25.0 Å². The average Bonchev–Trinajstić information content (AvgIpc) is 2.79. The number of hydrogen-bond acceptors (Lipinski definition) is 4. The predicted molar refractivity (Wildman–Crippen MR) is 127 cm³/mol. The highest BCUT2D eigenvalue weighted by atomic mass is 35.5. The molecule has 2 aliphatic rings. The second-order valence-electron chi connectivity index (χ2n) is 8.32. The summed E-state index contributed by atoms with van der Waals surface area (Å²) in [6.45, 7) is 5.04. The van der Waals surface area contributed by atoms with Gasteiger partial charge in [-0.3, -0.25) is 9.59 Å². The van der Waals surface area contributed by atoms with Crippen LogP contribution in [0.25, 0.3) is 6.08 Å². The second kappa shape index (κ2) is 10.2. The minimum atomic E-state index is -0.361. The molecule has 0 aliphatic carbocycles. The van der Waals surface area contributed by atoms with Gasteiger partial charge in [-0.25, -0.2) is 0 Å². The molecule has 0 saturated carbocycles. The largest absolute Gasteiger partial charge is 0.449 e. The van der Waals surface area contributed by atoms with E-state index in [9.17, 15) is 9.59 Å². The zero-order chi connectivity index (χ0) is 22.5. The van der Waals surface area contributed by atoms with Crippen LogP contribution in [0.1, 0.15) is 48.5 Å². The van der Waals surface area contributed by atoms with Crippen molar-refractivity contribution in [1.29, 1.82) is 0 Å². The first-order chi connectivity index (χ1) is 15.5. The van der Waals surface area contributed by atoms with Gasteiger partial charge in [-0.2, -0.15) is 0 Å². The Labute approximate surface area is 193 Å². The Morgan fingerprint density at radius 3 is 2.84 bits per heavy atom. The van der Waals surface area contributed by atoms with Crippen molar-refractivity contribution in [2.24, 2.45) is 0 Å². The smallest absolute Gasteiger partial charge is 0.291 e. The number of amides is 2. The summed E-state index contributed by atoms with van der Waals surface area (Å²) in [5.41, 5.74) is 1.78. The van der Waals surface area contributed by atoms with Crippen molar-refractivity contribution in [3.63, 3.8) is 0 Å². The summed E-state index contributed by atoms with van der Waals surface area (Å²) in [5, 5.41) is 6.41. The van der Waals surface area contributed by atoms with Crippen LogP contribution in [0.4, 0.5) is 5.69 Å². The Bertz CT molecular complexity index is 1020. The second-order valence-corrected chi connectivity index (χ2v) is 8.75. The lowest BCUT2D eigenvalue weighted by molar-refractivity contribution is -0.115. The van der Waals surface area contributed by atoms with E-state index in [2.05, 4.69) is 22.5 Å². The van der Waals surface area contributed by atoms with Crippen LogP contribution < -0.4 is 15.4 Å². The van der Waals surface area contributed by atoms with Crippen molar-refractivity contribution in [3.8, 4) is 5.75 Å². The van der Waals surface area contributed by atoms with E-state index in [1.807, 2.05) is 0 Å². The van der Waals surface area contributed by atoms with Gasteiger partial charge in [0.25, 0.3) is 11.8 Å². The molecule has 2 heterocycles. The lowest BCUT2D eigenvalue weighted by atomic mass is 10.0. The maximum absolute atomic E-state index is 12.6. The molecule has 0 spiro atoms. The number of piperidine rings is 1. The molecule has 2 aromatic carbocycles. The molecule has 2 N–H and O–H groups in total. The van der Waals surface area contributed by atoms with Crippen LogP contribution in [0.3, 0.4) is 0 Å². The summed E-state index contributed by atoms with van der Waals surface area (Å²) in [4.78, 5) is 27.5. The minimum Gasteiger partial charge on any atom is -0.449 e. The van der Waals surface area contributed by atoms with E-state index in [1.165, 1.54) is 19.3 Å². The van der Waals surface area contributed by atoms with Crippen molar-refractivity contribution in [3.05, 3.63) is 64.4 Å². The van der Waals surface area contributed by atoms with E-state index in [4.69, 9.17) is 16.3 Å².